The molecule has 0 fully saturated rings. The second-order valence-corrected chi connectivity index (χ2v) is 8.85. The molecular weight excluding hydrogens is 430 g/mol. The van der Waals surface area contributed by atoms with Gasteiger partial charge in [0.05, 0.1) is 25.0 Å². The molecule has 0 bridgehead atoms. The van der Waals surface area contributed by atoms with E-state index in [-0.39, 0.29) is 5.95 Å². The average Bonchev–Trinajstić information content (AvgIpc) is 2.70. The standard InChI is InChI=1S/C22H27N5O4S/c1-4-30-18-11-14(10-16-13-25-22(24)26-21(16)23)12-19(31-5-2)20(18)15-6-8-17(9-7-15)27-32(3,28)29/h6-9,11-13,27H,4-5,10H2,1-3H3,(H4,23,24,25,26). The normalized spacial score (nSPS) is 11.2. The smallest absolute Gasteiger partial charge is 0.229 e. The molecule has 5 N–H and O–H groups in total. The van der Waals surface area contributed by atoms with E-state index in [0.29, 0.717) is 42.6 Å². The van der Waals surface area contributed by atoms with Crippen molar-refractivity contribution in [2.45, 2.75) is 20.3 Å². The van der Waals surface area contributed by atoms with Gasteiger partial charge in [-0.2, -0.15) is 4.98 Å². The molecule has 2 aromatic carbocycles. The average molecular weight is 458 g/mol. The van der Waals surface area contributed by atoms with Crippen molar-refractivity contribution < 1.29 is 17.9 Å². The van der Waals surface area contributed by atoms with Crippen LogP contribution in [-0.2, 0) is 16.4 Å². The first-order valence-corrected chi connectivity index (χ1v) is 12.0. The van der Waals surface area contributed by atoms with E-state index < -0.39 is 10.0 Å². The van der Waals surface area contributed by atoms with Gasteiger partial charge < -0.3 is 20.9 Å². The maximum atomic E-state index is 11.5. The SMILES string of the molecule is CCOc1cc(Cc2cnc(N)nc2N)cc(OCC)c1-c1ccc(NS(C)(=O)=O)cc1. The summed E-state index contributed by atoms with van der Waals surface area (Å²) < 4.78 is 37.3. The number of hydrogen-bond donors (Lipinski definition) is 3. The lowest BCUT2D eigenvalue weighted by molar-refractivity contribution is 0.325. The van der Waals surface area contributed by atoms with Gasteiger partial charge in [0.2, 0.25) is 16.0 Å². The van der Waals surface area contributed by atoms with Crippen molar-refractivity contribution in [3.05, 3.63) is 53.7 Å². The van der Waals surface area contributed by atoms with Gasteiger partial charge in [-0.15, -0.1) is 0 Å². The molecular formula is C22H27N5O4S. The summed E-state index contributed by atoms with van der Waals surface area (Å²) in [5.74, 6) is 1.74. The van der Waals surface area contributed by atoms with Gasteiger partial charge in [0.25, 0.3) is 0 Å². The lowest BCUT2D eigenvalue weighted by Gasteiger charge is -2.18. The predicted octanol–water partition coefficient (Wildman–Crippen LogP) is 3.07. The molecule has 3 aromatic rings. The van der Waals surface area contributed by atoms with E-state index in [1.165, 1.54) is 0 Å². The zero-order chi connectivity index (χ0) is 23.3. The number of nitrogens with zero attached hydrogens (tertiary/aromatic N) is 2. The molecule has 0 unspecified atom stereocenters. The highest BCUT2D eigenvalue weighted by atomic mass is 32.2. The van der Waals surface area contributed by atoms with E-state index in [1.54, 1.807) is 18.3 Å². The summed E-state index contributed by atoms with van der Waals surface area (Å²) in [5, 5.41) is 0. The lowest BCUT2D eigenvalue weighted by Crippen LogP contribution is -2.09. The van der Waals surface area contributed by atoms with Gasteiger partial charge in [-0.3, -0.25) is 4.72 Å². The van der Waals surface area contributed by atoms with E-state index >= 15 is 0 Å². The van der Waals surface area contributed by atoms with Crippen molar-refractivity contribution in [2.24, 2.45) is 0 Å². The first-order valence-electron chi connectivity index (χ1n) is 10.1. The molecule has 10 heteroatoms. The fraction of sp³-hybridized carbons (Fsp3) is 0.273. The predicted molar refractivity (Wildman–Crippen MR) is 126 cm³/mol. The van der Waals surface area contributed by atoms with Gasteiger partial charge in [0.15, 0.2) is 0 Å². The molecule has 1 aromatic heterocycles. The second-order valence-electron chi connectivity index (χ2n) is 7.10. The van der Waals surface area contributed by atoms with E-state index in [4.69, 9.17) is 20.9 Å². The van der Waals surface area contributed by atoms with Gasteiger partial charge in [0, 0.05) is 23.9 Å². The van der Waals surface area contributed by atoms with Gasteiger partial charge in [0.1, 0.15) is 17.3 Å². The number of anilines is 3. The van der Waals surface area contributed by atoms with Gasteiger partial charge in [-0.25, -0.2) is 13.4 Å². The van der Waals surface area contributed by atoms with Crippen LogP contribution < -0.4 is 25.7 Å². The van der Waals surface area contributed by atoms with Crippen LogP contribution >= 0.6 is 0 Å². The molecule has 32 heavy (non-hydrogen) atoms. The Balaban J connectivity index is 2.04. The Labute approximate surface area is 187 Å². The molecule has 3 rings (SSSR count). The first kappa shape index (κ1) is 23.1. The maximum Gasteiger partial charge on any atom is 0.229 e. The third kappa shape index (κ3) is 5.79. The highest BCUT2D eigenvalue weighted by Crippen LogP contribution is 2.41. The minimum absolute atomic E-state index is 0.125. The molecule has 0 saturated carbocycles. The summed E-state index contributed by atoms with van der Waals surface area (Å²) in [6.45, 7) is 4.73. The molecule has 9 nitrogen and oxygen atoms in total. The quantitative estimate of drug-likeness (QED) is 0.445. The van der Waals surface area contributed by atoms with Crippen LogP contribution in [0, 0.1) is 0 Å². The van der Waals surface area contributed by atoms with E-state index in [1.807, 2.05) is 38.1 Å². The Morgan fingerprint density at radius 2 is 1.59 bits per heavy atom. The first-order chi connectivity index (χ1) is 15.2. The molecule has 0 aliphatic rings. The lowest BCUT2D eigenvalue weighted by atomic mass is 9.98. The fourth-order valence-corrected chi connectivity index (χ4v) is 3.84. The Hall–Kier alpha value is -3.53. The number of hydrogen-bond acceptors (Lipinski definition) is 8. The minimum Gasteiger partial charge on any atom is -0.493 e. The van der Waals surface area contributed by atoms with Crippen LogP contribution in [0.3, 0.4) is 0 Å². The van der Waals surface area contributed by atoms with Crippen molar-refractivity contribution >= 4 is 27.5 Å². The Bertz CT molecular complexity index is 1170. The summed E-state index contributed by atoms with van der Waals surface area (Å²) >= 11 is 0. The molecule has 0 atom stereocenters. The number of sulfonamides is 1. The number of benzene rings is 2. The molecule has 0 amide bonds. The molecule has 1 heterocycles. The zero-order valence-electron chi connectivity index (χ0n) is 18.3. The molecule has 0 aliphatic heterocycles. The van der Waals surface area contributed by atoms with Crippen molar-refractivity contribution in [3.63, 3.8) is 0 Å². The van der Waals surface area contributed by atoms with Crippen LogP contribution in [0.1, 0.15) is 25.0 Å². The maximum absolute atomic E-state index is 11.5. The summed E-state index contributed by atoms with van der Waals surface area (Å²) in [7, 11) is -3.36. The second kappa shape index (κ2) is 9.73. The van der Waals surface area contributed by atoms with Crippen LogP contribution in [0.4, 0.5) is 17.5 Å². The highest BCUT2D eigenvalue weighted by molar-refractivity contribution is 7.92. The molecule has 0 spiro atoms. The number of ether oxygens (including phenoxy) is 2. The number of aromatic nitrogens is 2. The van der Waals surface area contributed by atoms with Crippen LogP contribution in [0.5, 0.6) is 11.5 Å². The van der Waals surface area contributed by atoms with Crippen LogP contribution in [0.2, 0.25) is 0 Å². The van der Waals surface area contributed by atoms with Crippen molar-refractivity contribution in [1.82, 2.24) is 9.97 Å². The molecule has 0 saturated heterocycles. The Kier molecular flexibility index (Phi) is 7.04. The summed E-state index contributed by atoms with van der Waals surface area (Å²) in [6, 6.07) is 10.9. The van der Waals surface area contributed by atoms with Crippen molar-refractivity contribution in [3.8, 4) is 22.6 Å². The van der Waals surface area contributed by atoms with Crippen molar-refractivity contribution in [1.29, 1.82) is 0 Å². The van der Waals surface area contributed by atoms with Gasteiger partial charge in [-0.05, 0) is 49.2 Å². The topological polar surface area (TPSA) is 142 Å². The van der Waals surface area contributed by atoms with E-state index in [2.05, 4.69) is 14.7 Å². The van der Waals surface area contributed by atoms with Crippen LogP contribution in [0.15, 0.2) is 42.6 Å². The zero-order valence-corrected chi connectivity index (χ0v) is 19.1. The fourth-order valence-electron chi connectivity index (χ4n) is 3.28. The Morgan fingerprint density at radius 1 is 1.00 bits per heavy atom. The van der Waals surface area contributed by atoms with E-state index in [9.17, 15) is 8.42 Å². The summed E-state index contributed by atoms with van der Waals surface area (Å²) in [4.78, 5) is 8.05. The summed E-state index contributed by atoms with van der Waals surface area (Å²) in [5.41, 5.74) is 15.3. The van der Waals surface area contributed by atoms with Crippen molar-refractivity contribution in [2.75, 3.05) is 35.7 Å². The third-order valence-electron chi connectivity index (χ3n) is 4.51. The van der Waals surface area contributed by atoms with Crippen LogP contribution in [0.25, 0.3) is 11.1 Å². The minimum atomic E-state index is -3.36. The molecule has 170 valence electrons. The number of rotatable bonds is 9. The van der Waals surface area contributed by atoms with Crippen LogP contribution in [-0.4, -0.2) is 37.9 Å². The highest BCUT2D eigenvalue weighted by Gasteiger charge is 2.17. The van der Waals surface area contributed by atoms with E-state index in [0.717, 1.165) is 28.5 Å². The molecule has 0 radical (unpaired) electrons. The van der Waals surface area contributed by atoms with Gasteiger partial charge >= 0.3 is 0 Å². The Morgan fingerprint density at radius 3 is 2.09 bits per heavy atom. The monoisotopic (exact) mass is 457 g/mol. The third-order valence-corrected chi connectivity index (χ3v) is 5.12. The molecule has 0 aliphatic carbocycles. The number of nitrogens with one attached hydrogen (secondary N) is 1. The van der Waals surface area contributed by atoms with Gasteiger partial charge in [-0.1, -0.05) is 12.1 Å². The number of nitrogen functional groups attached to an aromatic ring is 2. The largest absolute Gasteiger partial charge is 0.493 e. The number of nitrogens with two attached hydrogens (primary N) is 2. The summed E-state index contributed by atoms with van der Waals surface area (Å²) in [6.07, 6.45) is 3.20.